The minimum atomic E-state index is -0.463. The first-order valence-corrected chi connectivity index (χ1v) is 9.87. The molecule has 1 saturated heterocycles. The first kappa shape index (κ1) is 19.5. The minimum absolute atomic E-state index is 0.112. The molecule has 1 unspecified atom stereocenters. The normalized spacial score (nSPS) is 19.8. The Bertz CT molecular complexity index is 920. The molecule has 2 aromatic heterocycles. The van der Waals surface area contributed by atoms with Gasteiger partial charge in [0, 0.05) is 0 Å². The van der Waals surface area contributed by atoms with E-state index in [0.717, 1.165) is 19.4 Å². The Hall–Kier alpha value is -2.26. The van der Waals surface area contributed by atoms with Gasteiger partial charge in [-0.15, -0.1) is 11.3 Å². The van der Waals surface area contributed by atoms with Crippen molar-refractivity contribution in [3.05, 3.63) is 26.6 Å². The fourth-order valence-corrected chi connectivity index (χ4v) is 4.69. The maximum atomic E-state index is 12.5. The number of likely N-dealkylation sites (tertiary alicyclic amines) is 1. The smallest absolute Gasteiger partial charge is 0.348 e. The highest BCUT2D eigenvalue weighted by molar-refractivity contribution is 7.20. The van der Waals surface area contributed by atoms with Crippen molar-refractivity contribution < 1.29 is 24.0 Å². The molecule has 3 heterocycles. The number of aromatic amines is 1. The number of thiophene rings is 1. The molecular weight excluding hydrogens is 370 g/mol. The lowest BCUT2D eigenvalue weighted by molar-refractivity contribution is -0.921. The van der Waals surface area contributed by atoms with Crippen molar-refractivity contribution >= 4 is 33.5 Å². The molecule has 27 heavy (non-hydrogen) atoms. The largest absolute Gasteiger partial charge is 0.466 e. The van der Waals surface area contributed by atoms with Gasteiger partial charge >= 0.3 is 11.9 Å². The Morgan fingerprint density at radius 2 is 2.19 bits per heavy atom. The second-order valence-electron chi connectivity index (χ2n) is 6.71. The molecule has 3 rings (SSSR count). The zero-order valence-corrected chi connectivity index (χ0v) is 16.5. The summed E-state index contributed by atoms with van der Waals surface area (Å²) < 4.78 is 9.91. The number of aromatic nitrogens is 2. The Morgan fingerprint density at radius 3 is 2.89 bits per heavy atom. The van der Waals surface area contributed by atoms with E-state index in [1.807, 2.05) is 0 Å². The molecule has 0 bridgehead atoms. The van der Waals surface area contributed by atoms with Crippen molar-refractivity contribution in [2.24, 2.45) is 5.92 Å². The maximum absolute atomic E-state index is 12.5. The first-order chi connectivity index (χ1) is 12.9. The molecule has 8 nitrogen and oxygen atoms in total. The molecule has 9 heteroatoms. The van der Waals surface area contributed by atoms with E-state index in [1.54, 1.807) is 13.8 Å². The van der Waals surface area contributed by atoms with Gasteiger partial charge in [-0.1, -0.05) is 0 Å². The summed E-state index contributed by atoms with van der Waals surface area (Å²) in [5, 5.41) is 0.433. The van der Waals surface area contributed by atoms with Gasteiger partial charge in [0.05, 0.1) is 32.2 Å². The highest BCUT2D eigenvalue weighted by atomic mass is 32.1. The fraction of sp³-hybridized carbons (Fsp3) is 0.556. The van der Waals surface area contributed by atoms with Crippen molar-refractivity contribution in [1.29, 1.82) is 0 Å². The molecule has 0 aromatic carbocycles. The van der Waals surface area contributed by atoms with Crippen LogP contribution in [0.15, 0.2) is 4.79 Å². The van der Waals surface area contributed by atoms with Crippen molar-refractivity contribution in [1.82, 2.24) is 9.97 Å². The van der Waals surface area contributed by atoms with Crippen LogP contribution in [0.5, 0.6) is 0 Å². The zero-order chi connectivity index (χ0) is 19.6. The van der Waals surface area contributed by atoms with Crippen LogP contribution >= 0.6 is 11.3 Å². The van der Waals surface area contributed by atoms with E-state index in [-0.39, 0.29) is 17.4 Å². The Labute approximate surface area is 160 Å². The van der Waals surface area contributed by atoms with E-state index in [0.29, 0.717) is 46.2 Å². The van der Waals surface area contributed by atoms with Crippen LogP contribution in [0.1, 0.15) is 40.8 Å². The highest BCUT2D eigenvalue weighted by Crippen LogP contribution is 2.27. The Kier molecular flexibility index (Phi) is 5.91. The molecular formula is C18H24N3O5S+. The van der Waals surface area contributed by atoms with Gasteiger partial charge in [0.25, 0.3) is 5.56 Å². The third-order valence-corrected chi connectivity index (χ3v) is 6.04. The number of nitrogens with zero attached hydrogens (tertiary/aromatic N) is 1. The van der Waals surface area contributed by atoms with E-state index in [1.165, 1.54) is 23.3 Å². The molecule has 0 spiro atoms. The predicted octanol–water partition coefficient (Wildman–Crippen LogP) is 0.438. The lowest BCUT2D eigenvalue weighted by Gasteiger charge is -2.28. The van der Waals surface area contributed by atoms with E-state index in [2.05, 4.69) is 9.97 Å². The number of esters is 2. The second kappa shape index (κ2) is 8.18. The average molecular weight is 394 g/mol. The quantitative estimate of drug-likeness (QED) is 0.714. The number of hydrogen-bond acceptors (Lipinski definition) is 7. The molecule has 2 atom stereocenters. The number of H-pyrrole nitrogens is 1. The zero-order valence-electron chi connectivity index (χ0n) is 15.7. The average Bonchev–Trinajstić information content (AvgIpc) is 2.98. The van der Waals surface area contributed by atoms with Gasteiger partial charge < -0.3 is 19.4 Å². The van der Waals surface area contributed by atoms with Gasteiger partial charge in [0.1, 0.15) is 22.2 Å². The van der Waals surface area contributed by atoms with Crippen molar-refractivity contribution in [2.75, 3.05) is 26.8 Å². The van der Waals surface area contributed by atoms with Crippen molar-refractivity contribution in [3.63, 3.8) is 0 Å². The van der Waals surface area contributed by atoms with E-state index in [9.17, 15) is 14.4 Å². The fourth-order valence-electron chi connectivity index (χ4n) is 3.57. The lowest BCUT2D eigenvalue weighted by Crippen LogP contribution is -3.12. The summed E-state index contributed by atoms with van der Waals surface area (Å²) in [6.45, 7) is 6.01. The van der Waals surface area contributed by atoms with Crippen molar-refractivity contribution in [3.8, 4) is 0 Å². The number of aryl methyl sites for hydroxylation is 1. The molecule has 1 fully saturated rings. The maximum Gasteiger partial charge on any atom is 0.348 e. The molecule has 0 radical (unpaired) electrons. The van der Waals surface area contributed by atoms with Crippen molar-refractivity contribution in [2.45, 2.75) is 33.2 Å². The second-order valence-corrected chi connectivity index (χ2v) is 7.71. The van der Waals surface area contributed by atoms with Gasteiger partial charge in [-0.3, -0.25) is 9.59 Å². The number of hydrogen-bond donors (Lipinski definition) is 2. The van der Waals surface area contributed by atoms with Crippen LogP contribution in [0.2, 0.25) is 0 Å². The van der Waals surface area contributed by atoms with E-state index >= 15 is 0 Å². The monoisotopic (exact) mass is 394 g/mol. The van der Waals surface area contributed by atoms with Crippen LogP contribution in [0, 0.1) is 12.8 Å². The number of carbonyl (C=O) groups excluding carboxylic acids is 2. The third-order valence-electron chi connectivity index (χ3n) is 4.88. The van der Waals surface area contributed by atoms with Crippen LogP contribution < -0.4 is 10.5 Å². The number of quaternary nitrogens is 1. The van der Waals surface area contributed by atoms with Crippen LogP contribution in [0.4, 0.5) is 0 Å². The summed E-state index contributed by atoms with van der Waals surface area (Å²) in [5.74, 6) is -0.165. The van der Waals surface area contributed by atoms with Crippen LogP contribution in [0.25, 0.3) is 10.2 Å². The van der Waals surface area contributed by atoms with Gasteiger partial charge in [-0.25, -0.2) is 9.78 Å². The molecule has 146 valence electrons. The van der Waals surface area contributed by atoms with Gasteiger partial charge in [0.2, 0.25) is 0 Å². The number of rotatable bonds is 5. The molecule has 1 aliphatic heterocycles. The molecule has 2 aromatic rings. The van der Waals surface area contributed by atoms with E-state index in [4.69, 9.17) is 9.47 Å². The number of methoxy groups -OCH3 is 1. The topological polar surface area (TPSA) is 103 Å². The summed E-state index contributed by atoms with van der Waals surface area (Å²) in [6, 6.07) is 0. The number of carbonyl (C=O) groups is 2. The molecule has 1 aliphatic rings. The predicted molar refractivity (Wildman–Crippen MR) is 100 cm³/mol. The van der Waals surface area contributed by atoms with Crippen LogP contribution in [-0.4, -0.2) is 48.7 Å². The number of nitrogens with one attached hydrogen (secondary N) is 2. The SMILES string of the molecule is CCOC(=O)[C@H]1CCC[NH+](Cc2nc3sc(C(=O)OC)c(C)c3c(=O)[nH]2)C1. The number of ether oxygens (including phenoxy) is 2. The summed E-state index contributed by atoms with van der Waals surface area (Å²) in [7, 11) is 1.31. The molecule has 0 saturated carbocycles. The minimum Gasteiger partial charge on any atom is -0.466 e. The van der Waals surface area contributed by atoms with Gasteiger partial charge in [-0.2, -0.15) is 0 Å². The highest BCUT2D eigenvalue weighted by Gasteiger charge is 2.30. The molecule has 0 aliphatic carbocycles. The van der Waals surface area contributed by atoms with Crippen LogP contribution in [-0.2, 0) is 20.8 Å². The van der Waals surface area contributed by atoms with E-state index < -0.39 is 5.97 Å². The van der Waals surface area contributed by atoms with Gasteiger partial charge in [-0.05, 0) is 32.3 Å². The summed E-state index contributed by atoms with van der Waals surface area (Å²) >= 11 is 1.17. The lowest BCUT2D eigenvalue weighted by atomic mass is 9.98. The number of piperidine rings is 1. The molecule has 0 amide bonds. The Morgan fingerprint density at radius 1 is 1.41 bits per heavy atom. The number of fused-ring (bicyclic) bond motifs is 1. The summed E-state index contributed by atoms with van der Waals surface area (Å²) in [4.78, 5) is 45.9. The Balaban J connectivity index is 1.82. The van der Waals surface area contributed by atoms with Gasteiger partial charge in [0.15, 0.2) is 5.82 Å². The molecule has 2 N–H and O–H groups in total. The summed E-state index contributed by atoms with van der Waals surface area (Å²) in [5.41, 5.74) is 0.340. The summed E-state index contributed by atoms with van der Waals surface area (Å²) in [6.07, 6.45) is 1.76. The standard InChI is InChI=1S/C18H23N3O5S/c1-4-26-17(23)11-6-5-7-21(8-11)9-12-19-15(22)13-10(2)14(18(24)25-3)27-16(13)20-12/h11H,4-9H2,1-3H3,(H,19,20,22)/p+1/t11-/m0/s1. The first-order valence-electron chi connectivity index (χ1n) is 9.05. The van der Waals surface area contributed by atoms with Crippen LogP contribution in [0.3, 0.4) is 0 Å². The third kappa shape index (κ3) is 4.03.